The highest BCUT2D eigenvalue weighted by atomic mass is 32.2. The van der Waals surface area contributed by atoms with E-state index in [9.17, 15) is 9.90 Å². The normalized spacial score (nSPS) is 19.8. The molecule has 3 rings (SSSR count). The van der Waals surface area contributed by atoms with Crippen LogP contribution < -0.4 is 0 Å². The van der Waals surface area contributed by atoms with Gasteiger partial charge in [-0.1, -0.05) is 30.4 Å². The monoisotopic (exact) mass is 367 g/mol. The van der Waals surface area contributed by atoms with Crippen molar-refractivity contribution in [3.05, 3.63) is 65.3 Å². The predicted octanol–water partition coefficient (Wildman–Crippen LogP) is 3.88. The molecule has 2 aliphatic rings. The SMILES string of the molecule is CC=C1C=CC(CC(=O)N2CCC(c3ccccc3O)=N2)=CC1=NSC. The highest BCUT2D eigenvalue weighted by molar-refractivity contribution is 7.97. The number of carbonyl (C=O) groups is 1. The first-order chi connectivity index (χ1) is 12.6. The van der Waals surface area contributed by atoms with E-state index in [0.717, 1.165) is 22.6 Å². The molecule has 1 heterocycles. The fourth-order valence-corrected chi connectivity index (χ4v) is 3.29. The summed E-state index contributed by atoms with van der Waals surface area (Å²) >= 11 is 1.40. The van der Waals surface area contributed by atoms with Gasteiger partial charge in [0.2, 0.25) is 5.91 Å². The number of allylic oxidation sites excluding steroid dienone is 5. The zero-order valence-corrected chi connectivity index (χ0v) is 15.7. The molecule has 5 nitrogen and oxygen atoms in total. The van der Waals surface area contributed by atoms with Gasteiger partial charge in [-0.25, -0.2) is 9.41 Å². The number of phenolic OH excluding ortho intramolecular Hbond substituents is 1. The zero-order chi connectivity index (χ0) is 18.5. The number of hydrogen-bond donors (Lipinski definition) is 1. The van der Waals surface area contributed by atoms with Gasteiger partial charge >= 0.3 is 0 Å². The molecule has 1 N–H and O–H groups in total. The molecule has 0 bridgehead atoms. The van der Waals surface area contributed by atoms with E-state index in [1.54, 1.807) is 12.1 Å². The molecule has 0 radical (unpaired) electrons. The molecule has 1 amide bonds. The van der Waals surface area contributed by atoms with Crippen LogP contribution in [0.1, 0.15) is 25.3 Å². The van der Waals surface area contributed by atoms with Crippen molar-refractivity contribution >= 4 is 29.3 Å². The number of carbonyl (C=O) groups excluding carboxylic acids is 1. The summed E-state index contributed by atoms with van der Waals surface area (Å²) in [5.74, 6) is 0.133. The molecule has 1 aromatic carbocycles. The van der Waals surface area contributed by atoms with Crippen LogP contribution in [-0.4, -0.2) is 40.2 Å². The summed E-state index contributed by atoms with van der Waals surface area (Å²) in [6.45, 7) is 2.50. The van der Waals surface area contributed by atoms with Crippen molar-refractivity contribution in [2.24, 2.45) is 9.50 Å². The lowest BCUT2D eigenvalue weighted by Gasteiger charge is -2.14. The fraction of sp³-hybridized carbons (Fsp3) is 0.250. The summed E-state index contributed by atoms with van der Waals surface area (Å²) in [5.41, 5.74) is 4.28. The summed E-state index contributed by atoms with van der Waals surface area (Å²) in [5, 5.41) is 15.9. The van der Waals surface area contributed by atoms with Crippen molar-refractivity contribution in [3.63, 3.8) is 0 Å². The average molecular weight is 367 g/mol. The van der Waals surface area contributed by atoms with Gasteiger partial charge in [0, 0.05) is 18.2 Å². The summed E-state index contributed by atoms with van der Waals surface area (Å²) in [6, 6.07) is 7.07. The minimum absolute atomic E-state index is 0.0567. The Morgan fingerprint density at radius 2 is 2.19 bits per heavy atom. The van der Waals surface area contributed by atoms with Crippen LogP contribution in [0.3, 0.4) is 0 Å². The maximum atomic E-state index is 12.6. The summed E-state index contributed by atoms with van der Waals surface area (Å²) in [4.78, 5) is 12.6. The lowest BCUT2D eigenvalue weighted by molar-refractivity contribution is -0.129. The van der Waals surface area contributed by atoms with Gasteiger partial charge in [0.05, 0.1) is 24.4 Å². The second kappa shape index (κ2) is 8.19. The third kappa shape index (κ3) is 3.96. The predicted molar refractivity (Wildman–Crippen MR) is 108 cm³/mol. The maximum absolute atomic E-state index is 12.6. The number of hydrogen-bond acceptors (Lipinski definition) is 5. The molecule has 1 aliphatic carbocycles. The molecular weight excluding hydrogens is 346 g/mol. The van der Waals surface area contributed by atoms with E-state index in [4.69, 9.17) is 0 Å². The number of phenols is 1. The number of para-hydroxylation sites is 1. The van der Waals surface area contributed by atoms with Gasteiger partial charge in [0.1, 0.15) is 5.75 Å². The summed E-state index contributed by atoms with van der Waals surface area (Å²) in [6.07, 6.45) is 10.7. The van der Waals surface area contributed by atoms with Crippen LogP contribution in [0.2, 0.25) is 0 Å². The third-order valence-electron chi connectivity index (χ3n) is 4.26. The van der Waals surface area contributed by atoms with Gasteiger partial charge in [-0.05, 0) is 48.2 Å². The van der Waals surface area contributed by atoms with Crippen molar-refractivity contribution in [2.75, 3.05) is 12.8 Å². The topological polar surface area (TPSA) is 65.3 Å². The number of amides is 1. The van der Waals surface area contributed by atoms with Gasteiger partial charge in [-0.3, -0.25) is 4.79 Å². The third-order valence-corrected chi connectivity index (χ3v) is 4.63. The Labute approximate surface area is 157 Å². The van der Waals surface area contributed by atoms with Crippen molar-refractivity contribution in [3.8, 4) is 5.75 Å². The minimum atomic E-state index is -0.0567. The van der Waals surface area contributed by atoms with Gasteiger partial charge in [-0.2, -0.15) is 5.10 Å². The van der Waals surface area contributed by atoms with Gasteiger partial charge in [-0.15, -0.1) is 0 Å². The maximum Gasteiger partial charge on any atom is 0.247 e. The van der Waals surface area contributed by atoms with Crippen LogP contribution in [0.25, 0.3) is 0 Å². The van der Waals surface area contributed by atoms with Gasteiger partial charge in [0.25, 0.3) is 0 Å². The van der Waals surface area contributed by atoms with E-state index in [0.29, 0.717) is 18.5 Å². The summed E-state index contributed by atoms with van der Waals surface area (Å²) < 4.78 is 4.41. The Hall–Kier alpha value is -2.60. The first kappa shape index (κ1) is 18.2. The van der Waals surface area contributed by atoms with Crippen LogP contribution in [0.5, 0.6) is 5.75 Å². The number of rotatable bonds is 4. The molecule has 134 valence electrons. The molecule has 0 fully saturated rings. The Morgan fingerprint density at radius 3 is 2.92 bits per heavy atom. The van der Waals surface area contributed by atoms with E-state index in [2.05, 4.69) is 9.50 Å². The number of benzene rings is 1. The molecule has 0 aromatic heterocycles. The smallest absolute Gasteiger partial charge is 0.247 e. The number of aromatic hydroxyl groups is 1. The molecule has 6 heteroatoms. The highest BCUT2D eigenvalue weighted by Gasteiger charge is 2.23. The second-order valence-electron chi connectivity index (χ2n) is 5.96. The molecular formula is C20H21N3O2S. The van der Waals surface area contributed by atoms with Crippen LogP contribution in [0.15, 0.2) is 69.2 Å². The van der Waals surface area contributed by atoms with Crippen LogP contribution >= 0.6 is 11.9 Å². The van der Waals surface area contributed by atoms with Crippen LogP contribution in [0, 0.1) is 0 Å². The van der Waals surface area contributed by atoms with E-state index < -0.39 is 0 Å². The number of hydrazone groups is 1. The molecule has 0 saturated carbocycles. The standard InChI is InChI=1S/C20H21N3O2S/c1-3-15-9-8-14(12-18(15)22-26-2)13-20(25)23-11-10-17(21-23)16-6-4-5-7-19(16)24/h3-9,12,24H,10-11,13H2,1-2H3. The quantitative estimate of drug-likeness (QED) is 0.822. The molecule has 1 aromatic rings. The molecule has 0 unspecified atom stereocenters. The van der Waals surface area contributed by atoms with Gasteiger partial charge in [0.15, 0.2) is 0 Å². The molecule has 26 heavy (non-hydrogen) atoms. The van der Waals surface area contributed by atoms with Crippen LogP contribution in [0.4, 0.5) is 0 Å². The Balaban J connectivity index is 1.72. The van der Waals surface area contributed by atoms with Crippen molar-refractivity contribution in [2.45, 2.75) is 19.8 Å². The first-order valence-electron chi connectivity index (χ1n) is 8.45. The molecule has 0 saturated heterocycles. The highest BCUT2D eigenvalue weighted by Crippen LogP contribution is 2.24. The Morgan fingerprint density at radius 1 is 1.38 bits per heavy atom. The molecule has 1 aliphatic heterocycles. The zero-order valence-electron chi connectivity index (χ0n) is 14.8. The lowest BCUT2D eigenvalue weighted by atomic mass is 9.98. The fourth-order valence-electron chi connectivity index (χ4n) is 2.93. The van der Waals surface area contributed by atoms with E-state index in [1.165, 1.54) is 17.0 Å². The number of nitrogens with zero attached hydrogens (tertiary/aromatic N) is 3. The average Bonchev–Trinajstić information content (AvgIpc) is 3.13. The minimum Gasteiger partial charge on any atom is -0.507 e. The van der Waals surface area contributed by atoms with Crippen molar-refractivity contribution < 1.29 is 9.90 Å². The Bertz CT molecular complexity index is 866. The van der Waals surface area contributed by atoms with Gasteiger partial charge < -0.3 is 5.11 Å². The lowest BCUT2D eigenvalue weighted by Crippen LogP contribution is -2.23. The molecule has 0 atom stereocenters. The second-order valence-corrected chi connectivity index (χ2v) is 6.51. The van der Waals surface area contributed by atoms with Crippen molar-refractivity contribution in [1.29, 1.82) is 0 Å². The first-order valence-corrected chi connectivity index (χ1v) is 9.63. The van der Waals surface area contributed by atoms with Crippen molar-refractivity contribution in [1.82, 2.24) is 5.01 Å². The van der Waals surface area contributed by atoms with E-state index in [-0.39, 0.29) is 18.1 Å². The molecule has 0 spiro atoms. The Kier molecular flexibility index (Phi) is 5.73. The van der Waals surface area contributed by atoms with E-state index >= 15 is 0 Å². The van der Waals surface area contributed by atoms with E-state index in [1.807, 2.05) is 49.6 Å². The largest absolute Gasteiger partial charge is 0.507 e. The summed E-state index contributed by atoms with van der Waals surface area (Å²) in [7, 11) is 0. The van der Waals surface area contributed by atoms with Crippen LogP contribution in [-0.2, 0) is 4.79 Å².